The van der Waals surface area contributed by atoms with Gasteiger partial charge in [-0.15, -0.1) is 0 Å². The molecule has 1 aliphatic heterocycles. The number of benzene rings is 1. The van der Waals surface area contributed by atoms with Crippen LogP contribution in [0.1, 0.15) is 13.3 Å². The number of nitrogens with one attached hydrogen (secondary N) is 1. The summed E-state index contributed by atoms with van der Waals surface area (Å²) in [4.78, 5) is 0.269. The minimum atomic E-state index is -3.43. The molecular formula is C11H11BrN2O2S. The molecule has 17 heavy (non-hydrogen) atoms. The van der Waals surface area contributed by atoms with Gasteiger partial charge in [0, 0.05) is 10.5 Å². The highest BCUT2D eigenvalue weighted by molar-refractivity contribution is 9.10. The summed E-state index contributed by atoms with van der Waals surface area (Å²) >= 11 is 3.26. The van der Waals surface area contributed by atoms with Crippen LogP contribution in [0.3, 0.4) is 0 Å². The number of nitriles is 1. The van der Waals surface area contributed by atoms with E-state index in [2.05, 4.69) is 21.2 Å². The van der Waals surface area contributed by atoms with Crippen LogP contribution in [0.2, 0.25) is 0 Å². The lowest BCUT2D eigenvalue weighted by molar-refractivity contribution is 0.560. The van der Waals surface area contributed by atoms with E-state index in [0.717, 1.165) is 0 Å². The van der Waals surface area contributed by atoms with E-state index in [1.807, 2.05) is 6.07 Å². The molecule has 0 saturated heterocycles. The van der Waals surface area contributed by atoms with Crippen LogP contribution in [-0.4, -0.2) is 19.7 Å². The van der Waals surface area contributed by atoms with Gasteiger partial charge in [0.2, 0.25) is 0 Å². The predicted molar refractivity (Wildman–Crippen MR) is 68.4 cm³/mol. The largest absolute Gasteiger partial charge is 0.380 e. The average Bonchev–Trinajstić information content (AvgIpc) is 2.26. The Hall–Kier alpha value is -1.06. The Bertz CT molecular complexity index is 592. The third-order valence-corrected chi connectivity index (χ3v) is 5.70. The fraction of sp³-hybridized carbons (Fsp3) is 0.364. The van der Waals surface area contributed by atoms with Crippen molar-refractivity contribution in [2.24, 2.45) is 0 Å². The predicted octanol–water partition coefficient (Wildman–Crippen LogP) is 2.32. The topological polar surface area (TPSA) is 70.0 Å². The molecule has 0 aliphatic carbocycles. The van der Waals surface area contributed by atoms with Gasteiger partial charge in [-0.05, 0) is 25.1 Å². The molecule has 1 N–H and O–H groups in total. The molecule has 2 atom stereocenters. The van der Waals surface area contributed by atoms with Crippen LogP contribution in [0.15, 0.2) is 27.6 Å². The Kier molecular flexibility index (Phi) is 3.15. The average molecular weight is 315 g/mol. The van der Waals surface area contributed by atoms with E-state index in [0.29, 0.717) is 10.2 Å². The first-order valence-corrected chi connectivity index (χ1v) is 7.47. The maximum absolute atomic E-state index is 12.3. The summed E-state index contributed by atoms with van der Waals surface area (Å²) in [6.45, 7) is 1.78. The number of sulfone groups is 1. The van der Waals surface area contributed by atoms with Gasteiger partial charge in [0.1, 0.15) is 0 Å². The van der Waals surface area contributed by atoms with Crippen molar-refractivity contribution in [1.82, 2.24) is 0 Å². The quantitative estimate of drug-likeness (QED) is 0.863. The van der Waals surface area contributed by atoms with Crippen molar-refractivity contribution >= 4 is 31.5 Å². The highest BCUT2D eigenvalue weighted by Gasteiger charge is 2.38. The van der Waals surface area contributed by atoms with E-state index < -0.39 is 15.1 Å². The second kappa shape index (κ2) is 4.31. The summed E-state index contributed by atoms with van der Waals surface area (Å²) < 4.78 is 25.4. The third-order valence-electron chi connectivity index (χ3n) is 2.88. The second-order valence-corrected chi connectivity index (χ2v) is 7.07. The van der Waals surface area contributed by atoms with Crippen LogP contribution in [0.25, 0.3) is 0 Å². The summed E-state index contributed by atoms with van der Waals surface area (Å²) in [5.41, 5.74) is 0.606. The minimum absolute atomic E-state index is 0.00243. The number of fused-ring (bicyclic) bond motifs is 1. The number of nitrogens with zero attached hydrogens (tertiary/aromatic N) is 1. The maximum atomic E-state index is 12.3. The molecular weight excluding hydrogens is 304 g/mol. The fourth-order valence-corrected chi connectivity index (χ4v) is 4.46. The van der Waals surface area contributed by atoms with Gasteiger partial charge in [-0.25, -0.2) is 8.42 Å². The van der Waals surface area contributed by atoms with E-state index in [-0.39, 0.29) is 17.4 Å². The zero-order valence-electron chi connectivity index (χ0n) is 9.14. The molecule has 90 valence electrons. The highest BCUT2D eigenvalue weighted by atomic mass is 79.9. The second-order valence-electron chi connectivity index (χ2n) is 4.02. The molecule has 1 aromatic carbocycles. The van der Waals surface area contributed by atoms with Gasteiger partial charge >= 0.3 is 0 Å². The number of anilines is 1. The van der Waals surface area contributed by atoms with Crippen LogP contribution in [-0.2, 0) is 9.84 Å². The lowest BCUT2D eigenvalue weighted by atomic mass is 10.1. The Labute approximate surface area is 109 Å². The van der Waals surface area contributed by atoms with Gasteiger partial charge in [0.15, 0.2) is 9.84 Å². The molecule has 1 heterocycles. The van der Waals surface area contributed by atoms with Crippen LogP contribution in [0.5, 0.6) is 0 Å². The van der Waals surface area contributed by atoms with Gasteiger partial charge in [-0.1, -0.05) is 15.9 Å². The van der Waals surface area contributed by atoms with E-state index in [1.165, 1.54) is 0 Å². The lowest BCUT2D eigenvalue weighted by Gasteiger charge is -2.30. The van der Waals surface area contributed by atoms with Gasteiger partial charge in [-0.3, -0.25) is 0 Å². The smallest absolute Gasteiger partial charge is 0.186 e. The van der Waals surface area contributed by atoms with Gasteiger partial charge in [0.05, 0.1) is 28.3 Å². The van der Waals surface area contributed by atoms with Crippen LogP contribution in [0.4, 0.5) is 5.69 Å². The molecule has 0 aromatic heterocycles. The van der Waals surface area contributed by atoms with Crippen molar-refractivity contribution < 1.29 is 8.42 Å². The molecule has 0 saturated carbocycles. The first-order chi connectivity index (χ1) is 7.96. The molecule has 0 amide bonds. The summed E-state index contributed by atoms with van der Waals surface area (Å²) in [6.07, 6.45) is 0.00243. The van der Waals surface area contributed by atoms with Crippen molar-refractivity contribution in [3.63, 3.8) is 0 Å². The maximum Gasteiger partial charge on any atom is 0.186 e. The highest BCUT2D eigenvalue weighted by Crippen LogP contribution is 2.35. The summed E-state index contributed by atoms with van der Waals surface area (Å²) in [6, 6.07) is 6.78. The number of hydrogen-bond acceptors (Lipinski definition) is 4. The SMILES string of the molecule is CC1Nc2ccc(Br)cc2S(=O)(=O)C1CC#N. The summed E-state index contributed by atoms with van der Waals surface area (Å²) in [5, 5.41) is 11.2. The van der Waals surface area contributed by atoms with Gasteiger partial charge in [-0.2, -0.15) is 5.26 Å². The first kappa shape index (κ1) is 12.4. The third kappa shape index (κ3) is 2.05. The molecule has 0 bridgehead atoms. The number of rotatable bonds is 1. The first-order valence-electron chi connectivity index (χ1n) is 5.13. The lowest BCUT2D eigenvalue weighted by Crippen LogP contribution is -2.41. The monoisotopic (exact) mass is 314 g/mol. The van der Waals surface area contributed by atoms with Crippen molar-refractivity contribution in [1.29, 1.82) is 5.26 Å². The fourth-order valence-electron chi connectivity index (χ4n) is 2.00. The molecule has 1 aliphatic rings. The summed E-state index contributed by atoms with van der Waals surface area (Å²) in [7, 11) is -3.43. The number of hydrogen-bond donors (Lipinski definition) is 1. The Morgan fingerprint density at radius 2 is 2.24 bits per heavy atom. The van der Waals surface area contributed by atoms with E-state index in [1.54, 1.807) is 25.1 Å². The van der Waals surface area contributed by atoms with Crippen LogP contribution >= 0.6 is 15.9 Å². The number of halogens is 1. The molecule has 4 nitrogen and oxygen atoms in total. The van der Waals surface area contributed by atoms with Crippen molar-refractivity contribution in [3.8, 4) is 6.07 Å². The normalized spacial score (nSPS) is 25.5. The zero-order valence-corrected chi connectivity index (χ0v) is 11.5. The standard InChI is InChI=1S/C11H11BrN2O2S/c1-7-10(4-5-13)17(15,16)11-6-8(12)2-3-9(11)14-7/h2-3,6-7,10,14H,4H2,1H3. The molecule has 0 spiro atoms. The van der Waals surface area contributed by atoms with Crippen LogP contribution < -0.4 is 5.32 Å². The van der Waals surface area contributed by atoms with Crippen molar-refractivity contribution in [2.45, 2.75) is 29.5 Å². The van der Waals surface area contributed by atoms with E-state index in [4.69, 9.17) is 5.26 Å². The van der Waals surface area contributed by atoms with Crippen molar-refractivity contribution in [3.05, 3.63) is 22.7 Å². The summed E-state index contributed by atoms with van der Waals surface area (Å²) in [5.74, 6) is 0. The van der Waals surface area contributed by atoms with Gasteiger partial charge in [0.25, 0.3) is 0 Å². The molecule has 0 radical (unpaired) electrons. The Morgan fingerprint density at radius 3 is 2.88 bits per heavy atom. The molecule has 2 unspecified atom stereocenters. The van der Waals surface area contributed by atoms with Gasteiger partial charge < -0.3 is 5.32 Å². The van der Waals surface area contributed by atoms with E-state index in [9.17, 15) is 8.42 Å². The van der Waals surface area contributed by atoms with Crippen LogP contribution in [0, 0.1) is 11.3 Å². The Morgan fingerprint density at radius 1 is 1.53 bits per heavy atom. The molecule has 6 heteroatoms. The molecule has 1 aromatic rings. The Balaban J connectivity index is 2.60. The molecule has 0 fully saturated rings. The van der Waals surface area contributed by atoms with E-state index >= 15 is 0 Å². The zero-order chi connectivity index (χ0) is 12.6. The van der Waals surface area contributed by atoms with Crippen molar-refractivity contribution in [2.75, 3.05) is 5.32 Å². The minimum Gasteiger partial charge on any atom is -0.380 e. The molecule has 2 rings (SSSR count).